The number of halogens is 2. The van der Waals surface area contributed by atoms with Crippen molar-refractivity contribution in [1.29, 1.82) is 0 Å². The highest BCUT2D eigenvalue weighted by Crippen LogP contribution is 2.25. The van der Waals surface area contributed by atoms with Crippen molar-refractivity contribution in [3.63, 3.8) is 0 Å². The highest BCUT2D eigenvalue weighted by molar-refractivity contribution is 6.32. The molecule has 0 saturated heterocycles. The zero-order chi connectivity index (χ0) is 11.0. The number of aliphatic hydroxyl groups is 1. The molecule has 1 aromatic carbocycles. The van der Waals surface area contributed by atoms with Crippen LogP contribution in [0.2, 0.25) is 10.2 Å². The van der Waals surface area contributed by atoms with Crippen LogP contribution in [0.4, 0.5) is 0 Å². The van der Waals surface area contributed by atoms with Crippen molar-refractivity contribution < 1.29 is 5.11 Å². The Kier molecular flexibility index (Phi) is 2.83. The van der Waals surface area contributed by atoms with Crippen LogP contribution in [0.5, 0.6) is 0 Å². The number of pyridine rings is 1. The second-order valence-corrected chi connectivity index (χ2v) is 4.16. The SMILES string of the molecule is Cc1cc2cc(CO)c(Cl)nc2cc1Cl. The summed E-state index contributed by atoms with van der Waals surface area (Å²) in [6, 6.07) is 5.54. The van der Waals surface area contributed by atoms with Crippen LogP contribution in [0.3, 0.4) is 0 Å². The molecule has 0 aliphatic heterocycles. The van der Waals surface area contributed by atoms with Crippen LogP contribution in [0, 0.1) is 6.92 Å². The van der Waals surface area contributed by atoms with E-state index in [9.17, 15) is 0 Å². The van der Waals surface area contributed by atoms with E-state index in [0.29, 0.717) is 15.7 Å². The zero-order valence-corrected chi connectivity index (χ0v) is 9.60. The number of benzene rings is 1. The molecule has 1 heterocycles. The smallest absolute Gasteiger partial charge is 0.135 e. The molecule has 2 nitrogen and oxygen atoms in total. The number of aryl methyl sites for hydroxylation is 1. The Morgan fingerprint density at radius 2 is 2.00 bits per heavy atom. The fraction of sp³-hybridized carbons (Fsp3) is 0.182. The molecule has 0 atom stereocenters. The number of fused-ring (bicyclic) bond motifs is 1. The summed E-state index contributed by atoms with van der Waals surface area (Å²) in [6.45, 7) is 1.82. The van der Waals surface area contributed by atoms with Crippen molar-refractivity contribution in [1.82, 2.24) is 4.98 Å². The lowest BCUT2D eigenvalue weighted by atomic mass is 10.1. The molecule has 1 N–H and O–H groups in total. The molecule has 0 amide bonds. The third-order valence-electron chi connectivity index (χ3n) is 2.29. The van der Waals surface area contributed by atoms with E-state index in [2.05, 4.69) is 4.98 Å². The molecule has 0 spiro atoms. The van der Waals surface area contributed by atoms with Crippen LogP contribution in [0.25, 0.3) is 10.9 Å². The Balaban J connectivity index is 2.76. The number of rotatable bonds is 1. The predicted octanol–water partition coefficient (Wildman–Crippen LogP) is 3.34. The van der Waals surface area contributed by atoms with E-state index >= 15 is 0 Å². The first-order chi connectivity index (χ1) is 7.11. The lowest BCUT2D eigenvalue weighted by molar-refractivity contribution is 0.281. The minimum absolute atomic E-state index is 0.108. The summed E-state index contributed by atoms with van der Waals surface area (Å²) < 4.78 is 0. The fourth-order valence-corrected chi connectivity index (χ4v) is 1.80. The second kappa shape index (κ2) is 3.97. The van der Waals surface area contributed by atoms with Gasteiger partial charge in [0.1, 0.15) is 5.15 Å². The molecule has 15 heavy (non-hydrogen) atoms. The summed E-state index contributed by atoms with van der Waals surface area (Å²) in [5, 5.41) is 11.0. The van der Waals surface area contributed by atoms with Crippen LogP contribution in [0.15, 0.2) is 18.2 Å². The molecule has 0 aliphatic carbocycles. The van der Waals surface area contributed by atoms with Crippen LogP contribution in [0.1, 0.15) is 11.1 Å². The molecule has 2 rings (SSSR count). The van der Waals surface area contributed by atoms with E-state index in [4.69, 9.17) is 28.3 Å². The van der Waals surface area contributed by atoms with Crippen LogP contribution in [-0.4, -0.2) is 10.1 Å². The van der Waals surface area contributed by atoms with Crippen molar-refractivity contribution in [2.45, 2.75) is 13.5 Å². The van der Waals surface area contributed by atoms with Gasteiger partial charge in [0.15, 0.2) is 0 Å². The first-order valence-electron chi connectivity index (χ1n) is 4.48. The molecule has 2 aromatic rings. The lowest BCUT2D eigenvalue weighted by Crippen LogP contribution is -1.90. The van der Waals surface area contributed by atoms with Crippen molar-refractivity contribution in [2.24, 2.45) is 0 Å². The van der Waals surface area contributed by atoms with Gasteiger partial charge >= 0.3 is 0 Å². The second-order valence-electron chi connectivity index (χ2n) is 3.39. The van der Waals surface area contributed by atoms with E-state index in [1.54, 1.807) is 6.07 Å². The Hall–Kier alpha value is -0.830. The average molecular weight is 242 g/mol. The summed E-state index contributed by atoms with van der Waals surface area (Å²) in [5.74, 6) is 0. The maximum atomic E-state index is 9.05. The van der Waals surface area contributed by atoms with E-state index < -0.39 is 0 Å². The van der Waals surface area contributed by atoms with Gasteiger partial charge in [-0.1, -0.05) is 23.2 Å². The van der Waals surface area contributed by atoms with Gasteiger partial charge in [-0.3, -0.25) is 0 Å². The standard InChI is InChI=1S/C11H9Cl2NO/c1-6-2-7-3-8(5-15)11(13)14-10(7)4-9(6)12/h2-4,15H,5H2,1H3. The third-order valence-corrected chi connectivity index (χ3v) is 3.03. The van der Waals surface area contributed by atoms with E-state index in [-0.39, 0.29) is 6.61 Å². The number of aromatic nitrogens is 1. The molecule has 0 unspecified atom stereocenters. The largest absolute Gasteiger partial charge is 0.392 e. The average Bonchev–Trinajstić information content (AvgIpc) is 2.20. The van der Waals surface area contributed by atoms with Gasteiger partial charge in [0.25, 0.3) is 0 Å². The first kappa shape index (κ1) is 10.7. The first-order valence-corrected chi connectivity index (χ1v) is 5.23. The van der Waals surface area contributed by atoms with Crippen LogP contribution >= 0.6 is 23.2 Å². The van der Waals surface area contributed by atoms with Crippen LogP contribution < -0.4 is 0 Å². The Labute approximate surface area is 97.5 Å². The van der Waals surface area contributed by atoms with E-state index in [1.807, 2.05) is 19.1 Å². The topological polar surface area (TPSA) is 33.1 Å². The maximum Gasteiger partial charge on any atom is 0.135 e. The van der Waals surface area contributed by atoms with Crippen molar-refractivity contribution in [3.8, 4) is 0 Å². The molecule has 78 valence electrons. The highest BCUT2D eigenvalue weighted by Gasteiger charge is 2.06. The molecule has 0 radical (unpaired) electrons. The molecule has 0 saturated carbocycles. The van der Waals surface area contributed by atoms with Crippen molar-refractivity contribution >= 4 is 34.1 Å². The monoisotopic (exact) mass is 241 g/mol. The van der Waals surface area contributed by atoms with Crippen LogP contribution in [-0.2, 0) is 6.61 Å². The van der Waals surface area contributed by atoms with Gasteiger partial charge in [0, 0.05) is 16.0 Å². The zero-order valence-electron chi connectivity index (χ0n) is 8.09. The van der Waals surface area contributed by atoms with E-state index in [1.165, 1.54) is 0 Å². The van der Waals surface area contributed by atoms with Gasteiger partial charge in [0.05, 0.1) is 12.1 Å². The quantitative estimate of drug-likeness (QED) is 0.778. The normalized spacial score (nSPS) is 10.9. The van der Waals surface area contributed by atoms with Gasteiger partial charge in [-0.2, -0.15) is 0 Å². The molecule has 0 bridgehead atoms. The molecule has 0 aliphatic rings. The number of hydrogen-bond donors (Lipinski definition) is 1. The molecule has 0 fully saturated rings. The summed E-state index contributed by atoms with van der Waals surface area (Å²) in [5.41, 5.74) is 2.36. The van der Waals surface area contributed by atoms with Gasteiger partial charge in [-0.05, 0) is 30.7 Å². The van der Waals surface area contributed by atoms with Gasteiger partial charge in [0.2, 0.25) is 0 Å². The number of hydrogen-bond acceptors (Lipinski definition) is 2. The lowest BCUT2D eigenvalue weighted by Gasteiger charge is -2.05. The maximum absolute atomic E-state index is 9.05. The van der Waals surface area contributed by atoms with Crippen molar-refractivity contribution in [3.05, 3.63) is 39.5 Å². The number of nitrogens with zero attached hydrogens (tertiary/aromatic N) is 1. The van der Waals surface area contributed by atoms with Gasteiger partial charge in [-0.15, -0.1) is 0 Å². The fourth-order valence-electron chi connectivity index (χ4n) is 1.44. The number of aliphatic hydroxyl groups excluding tert-OH is 1. The molecule has 4 heteroatoms. The summed E-state index contributed by atoms with van der Waals surface area (Å²) in [7, 11) is 0. The summed E-state index contributed by atoms with van der Waals surface area (Å²) in [4.78, 5) is 4.17. The Morgan fingerprint density at radius 3 is 2.67 bits per heavy atom. The van der Waals surface area contributed by atoms with Gasteiger partial charge < -0.3 is 5.11 Å². The minimum atomic E-state index is -0.108. The van der Waals surface area contributed by atoms with Gasteiger partial charge in [-0.25, -0.2) is 4.98 Å². The highest BCUT2D eigenvalue weighted by atomic mass is 35.5. The molecular formula is C11H9Cl2NO. The van der Waals surface area contributed by atoms with Crippen molar-refractivity contribution in [2.75, 3.05) is 0 Å². The Bertz CT molecular complexity index is 525. The third kappa shape index (κ3) is 1.93. The van der Waals surface area contributed by atoms with E-state index in [0.717, 1.165) is 16.5 Å². The summed E-state index contributed by atoms with van der Waals surface area (Å²) in [6.07, 6.45) is 0. The molecular weight excluding hydrogens is 233 g/mol. The summed E-state index contributed by atoms with van der Waals surface area (Å²) >= 11 is 11.9. The molecule has 1 aromatic heterocycles. The predicted molar refractivity (Wildman–Crippen MR) is 62.4 cm³/mol. The minimum Gasteiger partial charge on any atom is -0.392 e. The Morgan fingerprint density at radius 1 is 1.27 bits per heavy atom.